The first-order chi connectivity index (χ1) is 9.22. The largest absolute Gasteiger partial charge is 0.497 e. The molecule has 0 radical (unpaired) electrons. The molecule has 3 atom stereocenters. The fourth-order valence-electron chi connectivity index (χ4n) is 2.80. The molecule has 0 spiro atoms. The molecule has 0 heterocycles. The first-order valence-electron chi connectivity index (χ1n) is 7.27. The van der Waals surface area contributed by atoms with E-state index in [4.69, 9.17) is 4.74 Å². The summed E-state index contributed by atoms with van der Waals surface area (Å²) >= 11 is 2.00. The molecular weight excluding hydrogens is 254 g/mol. The standard InChI is InChI=1S/C16H25NOS/c1-4-17-15-9-8-12(2)10-16(15)19-14-7-5-6-13(11-14)18-3/h5-7,11-12,15-17H,4,8-10H2,1-3H3. The van der Waals surface area contributed by atoms with E-state index in [2.05, 4.69) is 37.4 Å². The van der Waals surface area contributed by atoms with Gasteiger partial charge < -0.3 is 10.1 Å². The molecule has 19 heavy (non-hydrogen) atoms. The van der Waals surface area contributed by atoms with Crippen molar-refractivity contribution < 1.29 is 4.74 Å². The SMILES string of the molecule is CCNC1CCC(C)CC1Sc1cccc(OC)c1. The van der Waals surface area contributed by atoms with Gasteiger partial charge in [0.15, 0.2) is 0 Å². The van der Waals surface area contributed by atoms with Gasteiger partial charge in [-0.1, -0.05) is 19.9 Å². The van der Waals surface area contributed by atoms with E-state index < -0.39 is 0 Å². The molecule has 1 saturated carbocycles. The van der Waals surface area contributed by atoms with Crippen molar-refractivity contribution in [3.05, 3.63) is 24.3 Å². The lowest BCUT2D eigenvalue weighted by Crippen LogP contribution is -2.42. The van der Waals surface area contributed by atoms with Crippen LogP contribution in [0.25, 0.3) is 0 Å². The Morgan fingerprint density at radius 2 is 2.21 bits per heavy atom. The van der Waals surface area contributed by atoms with Crippen LogP contribution >= 0.6 is 11.8 Å². The quantitative estimate of drug-likeness (QED) is 0.881. The van der Waals surface area contributed by atoms with Crippen LogP contribution in [0.4, 0.5) is 0 Å². The number of thioether (sulfide) groups is 1. The molecule has 0 aliphatic heterocycles. The lowest BCUT2D eigenvalue weighted by atomic mass is 9.87. The molecule has 0 bridgehead atoms. The lowest BCUT2D eigenvalue weighted by molar-refractivity contribution is 0.320. The summed E-state index contributed by atoms with van der Waals surface area (Å²) in [6.45, 7) is 5.64. The molecule has 3 unspecified atom stereocenters. The smallest absolute Gasteiger partial charge is 0.119 e. The van der Waals surface area contributed by atoms with Crippen LogP contribution in [-0.2, 0) is 0 Å². The second-order valence-corrected chi connectivity index (χ2v) is 6.73. The van der Waals surface area contributed by atoms with Crippen LogP contribution in [-0.4, -0.2) is 24.9 Å². The number of benzene rings is 1. The van der Waals surface area contributed by atoms with Gasteiger partial charge in [0.25, 0.3) is 0 Å². The predicted molar refractivity (Wildman–Crippen MR) is 83.1 cm³/mol. The highest BCUT2D eigenvalue weighted by Crippen LogP contribution is 2.37. The van der Waals surface area contributed by atoms with E-state index in [-0.39, 0.29) is 0 Å². The lowest BCUT2D eigenvalue weighted by Gasteiger charge is -2.35. The average molecular weight is 279 g/mol. The third-order valence-corrected chi connectivity index (χ3v) is 5.20. The minimum atomic E-state index is 0.650. The Bertz CT molecular complexity index is 396. The molecule has 1 aromatic rings. The molecule has 3 heteroatoms. The maximum atomic E-state index is 5.31. The second-order valence-electron chi connectivity index (χ2n) is 5.42. The Hall–Kier alpha value is -0.670. The Morgan fingerprint density at radius 3 is 2.95 bits per heavy atom. The van der Waals surface area contributed by atoms with Gasteiger partial charge in [0, 0.05) is 16.2 Å². The van der Waals surface area contributed by atoms with Crippen molar-refractivity contribution in [2.75, 3.05) is 13.7 Å². The Balaban J connectivity index is 2.04. The average Bonchev–Trinajstić information content (AvgIpc) is 2.42. The van der Waals surface area contributed by atoms with E-state index in [9.17, 15) is 0 Å². The zero-order valence-corrected chi connectivity index (χ0v) is 13.0. The maximum Gasteiger partial charge on any atom is 0.119 e. The summed E-state index contributed by atoms with van der Waals surface area (Å²) < 4.78 is 5.31. The molecule has 2 rings (SSSR count). The van der Waals surface area contributed by atoms with Crippen LogP contribution in [0.3, 0.4) is 0 Å². The molecule has 106 valence electrons. The molecule has 1 aliphatic carbocycles. The Labute approximate surface area is 121 Å². The van der Waals surface area contributed by atoms with Crippen molar-refractivity contribution in [2.24, 2.45) is 5.92 Å². The molecule has 0 saturated heterocycles. The fraction of sp³-hybridized carbons (Fsp3) is 0.625. The summed E-state index contributed by atoms with van der Waals surface area (Å²) in [5, 5.41) is 4.33. The summed E-state index contributed by atoms with van der Waals surface area (Å²) in [4.78, 5) is 1.32. The van der Waals surface area contributed by atoms with Gasteiger partial charge in [-0.05, 0) is 49.9 Å². The summed E-state index contributed by atoms with van der Waals surface area (Å²) in [7, 11) is 1.73. The molecule has 1 fully saturated rings. The van der Waals surface area contributed by atoms with E-state index in [0.29, 0.717) is 11.3 Å². The van der Waals surface area contributed by atoms with Crippen LogP contribution in [0.15, 0.2) is 29.2 Å². The predicted octanol–water partition coefficient (Wildman–Crippen LogP) is 3.95. The molecule has 0 amide bonds. The van der Waals surface area contributed by atoms with Crippen molar-refractivity contribution in [3.8, 4) is 5.75 Å². The summed E-state index contributed by atoms with van der Waals surface area (Å²) in [6, 6.07) is 9.07. The van der Waals surface area contributed by atoms with Crippen molar-refractivity contribution in [1.29, 1.82) is 0 Å². The van der Waals surface area contributed by atoms with E-state index in [1.165, 1.54) is 24.2 Å². The van der Waals surface area contributed by atoms with Crippen LogP contribution < -0.4 is 10.1 Å². The van der Waals surface area contributed by atoms with Gasteiger partial charge in [0.1, 0.15) is 5.75 Å². The third-order valence-electron chi connectivity index (χ3n) is 3.85. The first kappa shape index (κ1) is 14.7. The maximum absolute atomic E-state index is 5.31. The summed E-state index contributed by atoms with van der Waals surface area (Å²) in [6.07, 6.45) is 3.96. The molecule has 0 aromatic heterocycles. The second kappa shape index (κ2) is 7.20. The normalized spacial score (nSPS) is 27.2. The number of hydrogen-bond acceptors (Lipinski definition) is 3. The van der Waals surface area contributed by atoms with Crippen molar-refractivity contribution in [2.45, 2.75) is 49.3 Å². The fourth-order valence-corrected chi connectivity index (χ4v) is 4.32. The highest BCUT2D eigenvalue weighted by atomic mass is 32.2. The van der Waals surface area contributed by atoms with E-state index in [1.54, 1.807) is 7.11 Å². The Kier molecular flexibility index (Phi) is 5.59. The third kappa shape index (κ3) is 4.15. The first-order valence-corrected chi connectivity index (χ1v) is 8.15. The number of methoxy groups -OCH3 is 1. The van der Waals surface area contributed by atoms with Crippen LogP contribution in [0, 0.1) is 5.92 Å². The molecule has 1 N–H and O–H groups in total. The van der Waals surface area contributed by atoms with Crippen LogP contribution in [0.5, 0.6) is 5.75 Å². The van der Waals surface area contributed by atoms with Crippen molar-refractivity contribution in [1.82, 2.24) is 5.32 Å². The number of ether oxygens (including phenoxy) is 1. The molecule has 2 nitrogen and oxygen atoms in total. The minimum Gasteiger partial charge on any atom is -0.497 e. The highest BCUT2D eigenvalue weighted by Gasteiger charge is 2.28. The van der Waals surface area contributed by atoms with Crippen molar-refractivity contribution in [3.63, 3.8) is 0 Å². The van der Waals surface area contributed by atoms with E-state index in [0.717, 1.165) is 18.2 Å². The molecule has 1 aliphatic rings. The van der Waals surface area contributed by atoms with Gasteiger partial charge >= 0.3 is 0 Å². The zero-order chi connectivity index (χ0) is 13.7. The summed E-state index contributed by atoms with van der Waals surface area (Å²) in [5.74, 6) is 1.80. The van der Waals surface area contributed by atoms with Gasteiger partial charge in [-0.2, -0.15) is 0 Å². The number of rotatable bonds is 5. The van der Waals surface area contributed by atoms with Crippen LogP contribution in [0.2, 0.25) is 0 Å². The van der Waals surface area contributed by atoms with Crippen molar-refractivity contribution >= 4 is 11.8 Å². The van der Waals surface area contributed by atoms with Gasteiger partial charge in [-0.15, -0.1) is 11.8 Å². The number of nitrogens with one attached hydrogen (secondary N) is 1. The minimum absolute atomic E-state index is 0.650. The molecule has 1 aromatic carbocycles. The Morgan fingerprint density at radius 1 is 1.37 bits per heavy atom. The monoisotopic (exact) mass is 279 g/mol. The zero-order valence-electron chi connectivity index (χ0n) is 12.2. The molecular formula is C16H25NOS. The van der Waals surface area contributed by atoms with Gasteiger partial charge in [0.05, 0.1) is 7.11 Å². The van der Waals surface area contributed by atoms with E-state index in [1.807, 2.05) is 17.8 Å². The van der Waals surface area contributed by atoms with Gasteiger partial charge in [-0.25, -0.2) is 0 Å². The van der Waals surface area contributed by atoms with E-state index >= 15 is 0 Å². The number of hydrogen-bond donors (Lipinski definition) is 1. The topological polar surface area (TPSA) is 21.3 Å². The van der Waals surface area contributed by atoms with Gasteiger partial charge in [0.2, 0.25) is 0 Å². The highest BCUT2D eigenvalue weighted by molar-refractivity contribution is 8.00. The summed E-state index contributed by atoms with van der Waals surface area (Å²) in [5.41, 5.74) is 0. The van der Waals surface area contributed by atoms with Gasteiger partial charge in [-0.3, -0.25) is 0 Å². The van der Waals surface area contributed by atoms with Crippen LogP contribution in [0.1, 0.15) is 33.1 Å².